The van der Waals surface area contributed by atoms with Gasteiger partial charge >= 0.3 is 5.97 Å². The molecule has 0 aromatic carbocycles. The Kier molecular flexibility index (Phi) is 6.53. The second kappa shape index (κ2) is 8.02. The summed E-state index contributed by atoms with van der Waals surface area (Å²) in [5, 5.41) is 3.70. The highest BCUT2D eigenvalue weighted by Gasteiger charge is 2.61. The Labute approximate surface area is 180 Å². The number of nitrogens with zero attached hydrogens (tertiary/aromatic N) is 4. The molecule has 0 spiro atoms. The average molecular weight is 437 g/mol. The topological polar surface area (TPSA) is 105 Å². The fourth-order valence-corrected chi connectivity index (χ4v) is 5.41. The predicted molar refractivity (Wildman–Crippen MR) is 118 cm³/mol. The van der Waals surface area contributed by atoms with Crippen LogP contribution in [0, 0.1) is 11.8 Å². The van der Waals surface area contributed by atoms with Crippen molar-refractivity contribution in [2.75, 3.05) is 6.54 Å². The molecule has 30 heavy (non-hydrogen) atoms. The number of amides is 1. The standard InChI is InChI=1S/C21H36N4O4Si/c1-12-14(11-23-24-22)17(19(27)28-20(3,4)5)25-16(12)15(18(25)26)13(2)29-30(9,10)21(6,7)8/h12-13,15-16H,11H2,1-10H3/t12-,13+,15+,16+/m0/s1. The molecule has 1 fully saturated rings. The molecule has 9 heteroatoms. The van der Waals surface area contributed by atoms with Crippen molar-refractivity contribution in [3.63, 3.8) is 0 Å². The maximum absolute atomic E-state index is 13.2. The molecule has 0 aromatic heterocycles. The number of carbonyl (C=O) groups is 2. The van der Waals surface area contributed by atoms with E-state index in [-0.39, 0.29) is 47.2 Å². The fraction of sp³-hybridized carbons (Fsp3) is 0.810. The van der Waals surface area contributed by atoms with Gasteiger partial charge in [-0.3, -0.25) is 4.79 Å². The lowest BCUT2D eigenvalue weighted by molar-refractivity contribution is -0.166. The van der Waals surface area contributed by atoms with Gasteiger partial charge in [-0.05, 0) is 56.9 Å². The molecular weight excluding hydrogens is 400 g/mol. The van der Waals surface area contributed by atoms with Gasteiger partial charge in [-0.15, -0.1) is 0 Å². The van der Waals surface area contributed by atoms with Crippen molar-refractivity contribution >= 4 is 20.2 Å². The summed E-state index contributed by atoms with van der Waals surface area (Å²) < 4.78 is 12.1. The molecule has 0 saturated carbocycles. The van der Waals surface area contributed by atoms with Crippen LogP contribution < -0.4 is 0 Å². The molecule has 1 amide bonds. The van der Waals surface area contributed by atoms with E-state index in [9.17, 15) is 9.59 Å². The van der Waals surface area contributed by atoms with Gasteiger partial charge in [0.05, 0.1) is 18.1 Å². The minimum atomic E-state index is -2.06. The summed E-state index contributed by atoms with van der Waals surface area (Å²) in [5.41, 5.74) is 8.98. The zero-order valence-corrected chi connectivity index (χ0v) is 20.9. The molecule has 1 saturated heterocycles. The van der Waals surface area contributed by atoms with Crippen LogP contribution >= 0.6 is 0 Å². The second-order valence-corrected chi connectivity index (χ2v) is 15.6. The van der Waals surface area contributed by atoms with Crippen LogP contribution in [0.5, 0.6) is 0 Å². The van der Waals surface area contributed by atoms with Gasteiger partial charge in [0.25, 0.3) is 0 Å². The van der Waals surface area contributed by atoms with Crippen molar-refractivity contribution in [1.29, 1.82) is 0 Å². The minimum absolute atomic E-state index is 0.0294. The molecule has 0 N–H and O–H groups in total. The molecule has 2 rings (SSSR count). The molecule has 4 atom stereocenters. The molecule has 2 aliphatic heterocycles. The molecule has 2 aliphatic rings. The van der Waals surface area contributed by atoms with Crippen LogP contribution in [0.25, 0.3) is 10.4 Å². The van der Waals surface area contributed by atoms with Crippen molar-refractivity contribution in [2.45, 2.75) is 91.3 Å². The lowest BCUT2D eigenvalue weighted by Crippen LogP contribution is -2.65. The van der Waals surface area contributed by atoms with Crippen LogP contribution in [0.4, 0.5) is 0 Å². The molecule has 0 aromatic rings. The lowest BCUT2D eigenvalue weighted by Gasteiger charge is -2.50. The quantitative estimate of drug-likeness (QED) is 0.149. The molecule has 0 radical (unpaired) electrons. The third-order valence-electron chi connectivity index (χ3n) is 6.48. The Morgan fingerprint density at radius 3 is 2.30 bits per heavy atom. The van der Waals surface area contributed by atoms with Crippen LogP contribution in [-0.2, 0) is 18.8 Å². The first-order valence-corrected chi connectivity index (χ1v) is 13.4. The van der Waals surface area contributed by atoms with Gasteiger partial charge in [0.2, 0.25) is 5.91 Å². The number of fused-ring (bicyclic) bond motifs is 1. The smallest absolute Gasteiger partial charge is 0.355 e. The number of ether oxygens (including phenoxy) is 1. The van der Waals surface area contributed by atoms with E-state index in [1.807, 2.05) is 13.8 Å². The third kappa shape index (κ3) is 4.43. The zero-order valence-electron chi connectivity index (χ0n) is 19.9. The zero-order chi connectivity index (χ0) is 23.2. The highest BCUT2D eigenvalue weighted by atomic mass is 28.4. The number of carbonyl (C=O) groups excluding carboxylic acids is 2. The molecule has 2 heterocycles. The largest absolute Gasteiger partial charge is 0.455 e. The monoisotopic (exact) mass is 436 g/mol. The van der Waals surface area contributed by atoms with Gasteiger partial charge in [0.1, 0.15) is 11.3 Å². The van der Waals surface area contributed by atoms with Crippen LogP contribution in [0.15, 0.2) is 16.4 Å². The molecule has 0 aliphatic carbocycles. The molecule has 8 nitrogen and oxygen atoms in total. The fourth-order valence-electron chi connectivity index (χ4n) is 3.98. The van der Waals surface area contributed by atoms with Crippen LogP contribution in [0.2, 0.25) is 18.1 Å². The Bertz CT molecular complexity index is 803. The maximum Gasteiger partial charge on any atom is 0.355 e. The Balaban J connectivity index is 2.34. The van der Waals surface area contributed by atoms with Gasteiger partial charge in [-0.25, -0.2) is 4.79 Å². The summed E-state index contributed by atoms with van der Waals surface area (Å²) in [6.07, 6.45) is -0.263. The van der Waals surface area contributed by atoms with Gasteiger partial charge in [0, 0.05) is 17.4 Å². The van der Waals surface area contributed by atoms with Crippen molar-refractivity contribution in [3.8, 4) is 0 Å². The Morgan fingerprint density at radius 1 is 1.27 bits per heavy atom. The summed E-state index contributed by atoms with van der Waals surface area (Å²) in [5.74, 6) is -1.14. The van der Waals surface area contributed by atoms with E-state index in [0.717, 1.165) is 0 Å². The van der Waals surface area contributed by atoms with Gasteiger partial charge in [0.15, 0.2) is 8.32 Å². The van der Waals surface area contributed by atoms with Crippen LogP contribution in [0.1, 0.15) is 55.4 Å². The van der Waals surface area contributed by atoms with E-state index in [0.29, 0.717) is 5.57 Å². The molecule has 0 bridgehead atoms. The van der Waals surface area contributed by atoms with E-state index < -0.39 is 19.9 Å². The second-order valence-electron chi connectivity index (χ2n) is 10.9. The lowest BCUT2D eigenvalue weighted by atomic mass is 9.78. The Hall–Kier alpha value is -1.83. The number of hydrogen-bond donors (Lipinski definition) is 0. The first-order valence-electron chi connectivity index (χ1n) is 10.5. The number of β-lactam (4-membered cyclic amide) rings is 1. The minimum Gasteiger partial charge on any atom is -0.455 e. The van der Waals surface area contributed by atoms with E-state index in [1.54, 1.807) is 20.8 Å². The van der Waals surface area contributed by atoms with E-state index in [1.165, 1.54) is 4.90 Å². The summed E-state index contributed by atoms with van der Waals surface area (Å²) >= 11 is 0. The highest BCUT2D eigenvalue weighted by Crippen LogP contribution is 2.49. The predicted octanol–water partition coefficient (Wildman–Crippen LogP) is 4.78. The van der Waals surface area contributed by atoms with E-state index >= 15 is 0 Å². The number of rotatable bonds is 6. The first-order chi connectivity index (χ1) is 13.5. The first kappa shape index (κ1) is 24.4. The molecule has 168 valence electrons. The van der Waals surface area contributed by atoms with Crippen molar-refractivity contribution in [2.24, 2.45) is 17.0 Å². The number of esters is 1. The van der Waals surface area contributed by atoms with Gasteiger partial charge in [-0.1, -0.05) is 32.8 Å². The Morgan fingerprint density at radius 2 is 1.83 bits per heavy atom. The summed E-state index contributed by atoms with van der Waals surface area (Å²) in [6, 6.07) is -0.191. The molecule has 0 unspecified atom stereocenters. The van der Waals surface area contributed by atoms with Crippen molar-refractivity contribution in [3.05, 3.63) is 21.7 Å². The SMILES string of the molecule is C[C@@H](O[Si](C)(C)C(C)(C)C)[C@H]1C(=O)N2C(C(=O)OC(C)(C)C)=C(CN=[N+]=[N-])[C@H](C)[C@H]12. The van der Waals surface area contributed by atoms with Gasteiger partial charge in [-0.2, -0.15) is 0 Å². The summed E-state index contributed by atoms with van der Waals surface area (Å²) in [7, 11) is -2.06. The highest BCUT2D eigenvalue weighted by molar-refractivity contribution is 6.74. The third-order valence-corrected chi connectivity index (χ3v) is 11.1. The summed E-state index contributed by atoms with van der Waals surface area (Å²) in [4.78, 5) is 30.5. The van der Waals surface area contributed by atoms with E-state index in [2.05, 4.69) is 43.9 Å². The normalized spacial score (nSPS) is 25.5. The number of azide groups is 1. The molecular formula is C21H36N4O4Si. The van der Waals surface area contributed by atoms with Crippen molar-refractivity contribution < 1.29 is 18.8 Å². The van der Waals surface area contributed by atoms with Crippen LogP contribution in [-0.4, -0.2) is 49.4 Å². The van der Waals surface area contributed by atoms with Gasteiger partial charge < -0.3 is 14.1 Å². The van der Waals surface area contributed by atoms with E-state index in [4.69, 9.17) is 14.7 Å². The number of hydrogen-bond acceptors (Lipinski definition) is 5. The average Bonchev–Trinajstić information content (AvgIpc) is 2.78. The van der Waals surface area contributed by atoms with Crippen molar-refractivity contribution in [1.82, 2.24) is 4.90 Å². The maximum atomic E-state index is 13.2. The van der Waals surface area contributed by atoms with Crippen LogP contribution in [0.3, 0.4) is 0 Å². The summed E-state index contributed by atoms with van der Waals surface area (Å²) in [6.45, 7) is 20.1.